The van der Waals surface area contributed by atoms with Crippen molar-refractivity contribution in [1.29, 1.82) is 0 Å². The van der Waals surface area contributed by atoms with Gasteiger partial charge in [0.05, 0.1) is 13.2 Å². The van der Waals surface area contributed by atoms with Gasteiger partial charge in [0.2, 0.25) is 5.91 Å². The molecule has 2 aromatic carbocycles. The van der Waals surface area contributed by atoms with Gasteiger partial charge in [-0.1, -0.05) is 30.3 Å². The summed E-state index contributed by atoms with van der Waals surface area (Å²) in [6, 6.07) is 15.2. The Kier molecular flexibility index (Phi) is 6.71. The van der Waals surface area contributed by atoms with Crippen LogP contribution in [0, 0.1) is 0 Å². The average Bonchev–Trinajstić information content (AvgIpc) is 3.19. The fraction of sp³-hybridized carbons (Fsp3) is 0.409. The highest BCUT2D eigenvalue weighted by Gasteiger charge is 2.29. The molecule has 0 aliphatic carbocycles. The number of hydrogen-bond donors (Lipinski definition) is 1. The summed E-state index contributed by atoms with van der Waals surface area (Å²) in [5, 5.41) is 3.07. The molecule has 1 saturated heterocycles. The molecular weight excluding hydrogens is 340 g/mol. The maximum Gasteiger partial charge on any atom is 0.246 e. The van der Waals surface area contributed by atoms with Crippen molar-refractivity contribution in [2.75, 3.05) is 31.6 Å². The predicted octanol–water partition coefficient (Wildman–Crippen LogP) is 4.26. The summed E-state index contributed by atoms with van der Waals surface area (Å²) in [5.41, 5.74) is 1.74. The molecule has 5 nitrogen and oxygen atoms in total. The van der Waals surface area contributed by atoms with E-state index >= 15 is 0 Å². The molecule has 0 spiro atoms. The summed E-state index contributed by atoms with van der Waals surface area (Å²) < 4.78 is 11.3. The van der Waals surface area contributed by atoms with E-state index in [0.717, 1.165) is 31.5 Å². The van der Waals surface area contributed by atoms with Crippen molar-refractivity contribution >= 4 is 11.6 Å². The van der Waals surface area contributed by atoms with Crippen molar-refractivity contribution < 1.29 is 14.3 Å². The van der Waals surface area contributed by atoms with Gasteiger partial charge in [-0.25, -0.2) is 0 Å². The molecule has 0 aromatic heterocycles. The molecule has 1 aliphatic heterocycles. The lowest BCUT2D eigenvalue weighted by molar-refractivity contribution is -0.121. The molecule has 1 fully saturated rings. The van der Waals surface area contributed by atoms with Crippen molar-refractivity contribution in [2.24, 2.45) is 0 Å². The molecule has 0 bridgehead atoms. The summed E-state index contributed by atoms with van der Waals surface area (Å²) in [6.45, 7) is 6.86. The number of amides is 1. The molecule has 0 radical (unpaired) electrons. The second-order valence-corrected chi connectivity index (χ2v) is 6.57. The van der Waals surface area contributed by atoms with Gasteiger partial charge in [-0.05, 0) is 57.5 Å². The van der Waals surface area contributed by atoms with Crippen molar-refractivity contribution in [3.8, 4) is 11.5 Å². The highest BCUT2D eigenvalue weighted by Crippen LogP contribution is 2.32. The number of nitrogens with zero attached hydrogens (tertiary/aromatic N) is 1. The average molecular weight is 368 g/mol. The zero-order valence-electron chi connectivity index (χ0n) is 16.1. The van der Waals surface area contributed by atoms with Crippen LogP contribution >= 0.6 is 0 Å². The van der Waals surface area contributed by atoms with Crippen molar-refractivity contribution in [3.63, 3.8) is 0 Å². The van der Waals surface area contributed by atoms with Crippen LogP contribution in [0.25, 0.3) is 0 Å². The third-order valence-corrected chi connectivity index (χ3v) is 4.68. The van der Waals surface area contributed by atoms with Gasteiger partial charge >= 0.3 is 0 Å². The van der Waals surface area contributed by atoms with Gasteiger partial charge in [-0.3, -0.25) is 9.69 Å². The van der Waals surface area contributed by atoms with Crippen LogP contribution in [-0.2, 0) is 4.79 Å². The first-order valence-corrected chi connectivity index (χ1v) is 9.72. The third kappa shape index (κ3) is 4.80. The van der Waals surface area contributed by atoms with Crippen LogP contribution in [0.15, 0.2) is 48.5 Å². The van der Waals surface area contributed by atoms with Gasteiger partial charge < -0.3 is 14.8 Å². The minimum absolute atomic E-state index is 0.0188. The van der Waals surface area contributed by atoms with Crippen LogP contribution in [0.3, 0.4) is 0 Å². The topological polar surface area (TPSA) is 50.8 Å². The summed E-state index contributed by atoms with van der Waals surface area (Å²) in [6.07, 6.45) is 2.27. The maximum absolute atomic E-state index is 13.2. The molecule has 2 aromatic rings. The number of ether oxygens (including phenoxy) is 2. The number of likely N-dealkylation sites (tertiary alicyclic amines) is 1. The predicted molar refractivity (Wildman–Crippen MR) is 107 cm³/mol. The van der Waals surface area contributed by atoms with Crippen molar-refractivity contribution in [1.82, 2.24) is 4.90 Å². The van der Waals surface area contributed by atoms with Gasteiger partial charge in [0.25, 0.3) is 0 Å². The molecule has 3 rings (SSSR count). The quantitative estimate of drug-likeness (QED) is 0.756. The molecule has 0 saturated carbocycles. The van der Waals surface area contributed by atoms with E-state index in [0.29, 0.717) is 30.4 Å². The van der Waals surface area contributed by atoms with E-state index in [1.165, 1.54) is 0 Å². The zero-order valence-corrected chi connectivity index (χ0v) is 16.1. The molecule has 5 heteroatoms. The van der Waals surface area contributed by atoms with Gasteiger partial charge in [0, 0.05) is 11.8 Å². The Bertz CT molecular complexity index is 742. The van der Waals surface area contributed by atoms with E-state index in [1.807, 2.05) is 62.4 Å². The Labute approximate surface area is 161 Å². The lowest BCUT2D eigenvalue weighted by Crippen LogP contribution is -2.35. The Hall–Kier alpha value is -2.53. The molecular formula is C22H28N2O3. The monoisotopic (exact) mass is 368 g/mol. The second kappa shape index (κ2) is 9.42. The number of nitrogens with one attached hydrogen (secondary N) is 1. The van der Waals surface area contributed by atoms with Crippen LogP contribution in [-0.4, -0.2) is 37.1 Å². The Morgan fingerprint density at radius 3 is 2.33 bits per heavy atom. The number of carbonyl (C=O) groups is 1. The van der Waals surface area contributed by atoms with Gasteiger partial charge in [-0.15, -0.1) is 0 Å². The van der Waals surface area contributed by atoms with Crippen LogP contribution in [0.5, 0.6) is 11.5 Å². The van der Waals surface area contributed by atoms with E-state index in [4.69, 9.17) is 9.47 Å². The molecule has 1 N–H and O–H groups in total. The van der Waals surface area contributed by atoms with Gasteiger partial charge in [-0.2, -0.15) is 0 Å². The molecule has 144 valence electrons. The number of rotatable bonds is 8. The molecule has 1 unspecified atom stereocenters. The largest absolute Gasteiger partial charge is 0.490 e. The van der Waals surface area contributed by atoms with Crippen LogP contribution in [0.4, 0.5) is 5.69 Å². The lowest BCUT2D eigenvalue weighted by atomic mass is 10.0. The van der Waals surface area contributed by atoms with Crippen LogP contribution in [0.2, 0.25) is 0 Å². The maximum atomic E-state index is 13.2. The van der Waals surface area contributed by atoms with Crippen LogP contribution in [0.1, 0.15) is 38.3 Å². The first kappa shape index (κ1) is 19.2. The van der Waals surface area contributed by atoms with Crippen molar-refractivity contribution in [3.05, 3.63) is 54.1 Å². The van der Waals surface area contributed by atoms with E-state index in [-0.39, 0.29) is 11.9 Å². The first-order valence-electron chi connectivity index (χ1n) is 9.72. The Morgan fingerprint density at radius 2 is 1.67 bits per heavy atom. The lowest BCUT2D eigenvalue weighted by Gasteiger charge is -2.27. The SMILES string of the molecule is CCOc1ccc(NC(=O)C(c2ccccc2)N2CCCC2)cc1OCC. The van der Waals surface area contributed by atoms with Gasteiger partial charge in [0.15, 0.2) is 11.5 Å². The Balaban J connectivity index is 1.81. The Morgan fingerprint density at radius 1 is 1.00 bits per heavy atom. The molecule has 1 aliphatic rings. The first-order chi connectivity index (χ1) is 13.2. The normalized spacial score (nSPS) is 15.3. The number of benzene rings is 2. The number of anilines is 1. The fourth-order valence-corrected chi connectivity index (χ4v) is 3.50. The summed E-state index contributed by atoms with van der Waals surface area (Å²) in [7, 11) is 0. The van der Waals surface area contributed by atoms with Gasteiger partial charge in [0.1, 0.15) is 6.04 Å². The number of hydrogen-bond acceptors (Lipinski definition) is 4. The van der Waals surface area contributed by atoms with E-state index in [9.17, 15) is 4.79 Å². The molecule has 27 heavy (non-hydrogen) atoms. The number of carbonyl (C=O) groups excluding carboxylic acids is 1. The minimum Gasteiger partial charge on any atom is -0.490 e. The van der Waals surface area contributed by atoms with Crippen LogP contribution < -0.4 is 14.8 Å². The third-order valence-electron chi connectivity index (χ3n) is 4.68. The summed E-state index contributed by atoms with van der Waals surface area (Å²) in [5.74, 6) is 1.32. The van der Waals surface area contributed by atoms with Crippen molar-refractivity contribution in [2.45, 2.75) is 32.7 Å². The smallest absolute Gasteiger partial charge is 0.246 e. The molecule has 1 amide bonds. The summed E-state index contributed by atoms with van der Waals surface area (Å²) in [4.78, 5) is 15.4. The fourth-order valence-electron chi connectivity index (χ4n) is 3.50. The highest BCUT2D eigenvalue weighted by atomic mass is 16.5. The zero-order chi connectivity index (χ0) is 19.1. The molecule has 1 atom stereocenters. The molecule has 1 heterocycles. The van der Waals surface area contributed by atoms with E-state index in [1.54, 1.807) is 0 Å². The second-order valence-electron chi connectivity index (χ2n) is 6.57. The minimum atomic E-state index is -0.282. The standard InChI is InChI=1S/C22H28N2O3/c1-3-26-19-13-12-18(16-20(19)27-4-2)23-22(25)21(24-14-8-9-15-24)17-10-6-5-7-11-17/h5-7,10-13,16,21H,3-4,8-9,14-15H2,1-2H3,(H,23,25). The summed E-state index contributed by atoms with van der Waals surface area (Å²) >= 11 is 0. The highest BCUT2D eigenvalue weighted by molar-refractivity contribution is 5.95. The van der Waals surface area contributed by atoms with E-state index in [2.05, 4.69) is 10.2 Å². The van der Waals surface area contributed by atoms with E-state index < -0.39 is 0 Å².